The van der Waals surface area contributed by atoms with Crippen LogP contribution in [0.3, 0.4) is 0 Å². The van der Waals surface area contributed by atoms with Gasteiger partial charge in [-0.3, -0.25) is 0 Å². The summed E-state index contributed by atoms with van der Waals surface area (Å²) in [5, 5.41) is 7.06. The first-order valence-electron chi connectivity index (χ1n) is 6.03. The van der Waals surface area contributed by atoms with Crippen molar-refractivity contribution in [3.63, 3.8) is 0 Å². The predicted molar refractivity (Wildman–Crippen MR) is 75.0 cm³/mol. The molecule has 2 rings (SSSR count). The average Bonchev–Trinajstić information content (AvgIpc) is 2.74. The Morgan fingerprint density at radius 3 is 2.61 bits per heavy atom. The normalized spacial score (nSPS) is 14.4. The van der Waals surface area contributed by atoms with Crippen LogP contribution in [0.25, 0.3) is 0 Å². The van der Waals surface area contributed by atoms with E-state index in [4.69, 9.17) is 21.7 Å². The third kappa shape index (κ3) is 3.04. The van der Waals surface area contributed by atoms with Crippen molar-refractivity contribution in [2.24, 2.45) is 0 Å². The number of rotatable bonds is 3. The molecule has 18 heavy (non-hydrogen) atoms. The van der Waals surface area contributed by atoms with Gasteiger partial charge in [-0.15, -0.1) is 0 Å². The summed E-state index contributed by atoms with van der Waals surface area (Å²) in [6, 6.07) is 6.38. The number of ether oxygens (including phenoxy) is 2. The molecular weight excluding hydrogens is 248 g/mol. The maximum absolute atomic E-state index is 5.36. The molecule has 4 nitrogen and oxygen atoms in total. The van der Waals surface area contributed by atoms with Gasteiger partial charge in [-0.05, 0) is 50.7 Å². The Labute approximate surface area is 113 Å². The molecule has 5 heteroatoms. The smallest absolute Gasteiger partial charge is 0.231 e. The number of thiocarbonyl (C=S) groups is 1. The van der Waals surface area contributed by atoms with Crippen LogP contribution in [-0.4, -0.2) is 17.9 Å². The first-order valence-corrected chi connectivity index (χ1v) is 6.43. The number of benzene rings is 1. The highest BCUT2D eigenvalue weighted by molar-refractivity contribution is 7.80. The molecule has 0 radical (unpaired) electrons. The van der Waals surface area contributed by atoms with Crippen molar-refractivity contribution in [1.82, 2.24) is 10.6 Å². The van der Waals surface area contributed by atoms with Crippen LogP contribution in [0.5, 0.6) is 11.5 Å². The number of fused-ring (bicyclic) bond motifs is 1. The number of hydrogen-bond donors (Lipinski definition) is 2. The maximum atomic E-state index is 5.36. The molecule has 0 saturated heterocycles. The average molecular weight is 266 g/mol. The lowest BCUT2D eigenvalue weighted by atomic mass is 10.1. The minimum absolute atomic E-state index is 0.123. The lowest BCUT2D eigenvalue weighted by Crippen LogP contribution is -2.40. The summed E-state index contributed by atoms with van der Waals surface area (Å²) >= 11 is 5.23. The van der Waals surface area contributed by atoms with E-state index in [-0.39, 0.29) is 6.04 Å². The Balaban J connectivity index is 2.00. The molecule has 0 unspecified atom stereocenters. The molecule has 98 valence electrons. The van der Waals surface area contributed by atoms with Gasteiger partial charge in [-0.1, -0.05) is 6.07 Å². The van der Waals surface area contributed by atoms with Crippen LogP contribution in [0, 0.1) is 0 Å². The van der Waals surface area contributed by atoms with Crippen LogP contribution < -0.4 is 20.1 Å². The van der Waals surface area contributed by atoms with Gasteiger partial charge in [0.2, 0.25) is 6.79 Å². The van der Waals surface area contributed by atoms with Crippen LogP contribution in [-0.2, 0) is 0 Å². The second-order valence-electron chi connectivity index (χ2n) is 4.61. The lowest BCUT2D eigenvalue weighted by molar-refractivity contribution is 0.174. The Morgan fingerprint density at radius 2 is 1.89 bits per heavy atom. The molecule has 1 aliphatic rings. The molecule has 0 bridgehead atoms. The third-order valence-electron chi connectivity index (χ3n) is 2.66. The van der Waals surface area contributed by atoms with Gasteiger partial charge in [-0.2, -0.15) is 0 Å². The van der Waals surface area contributed by atoms with E-state index in [2.05, 4.69) is 31.4 Å². The van der Waals surface area contributed by atoms with Crippen molar-refractivity contribution in [2.45, 2.75) is 32.9 Å². The Bertz CT molecular complexity index is 449. The molecule has 1 aromatic rings. The van der Waals surface area contributed by atoms with Gasteiger partial charge in [-0.25, -0.2) is 0 Å². The van der Waals surface area contributed by atoms with E-state index in [0.29, 0.717) is 17.9 Å². The SMILES string of the molecule is CC(C)NC(=S)N[C@H](C)c1ccc2c(c1)OCO2. The fourth-order valence-corrected chi connectivity index (χ4v) is 2.18. The summed E-state index contributed by atoms with van der Waals surface area (Å²) in [5.74, 6) is 1.60. The maximum Gasteiger partial charge on any atom is 0.231 e. The van der Waals surface area contributed by atoms with E-state index >= 15 is 0 Å². The fraction of sp³-hybridized carbons (Fsp3) is 0.462. The highest BCUT2D eigenvalue weighted by Gasteiger charge is 2.16. The highest BCUT2D eigenvalue weighted by Crippen LogP contribution is 2.34. The summed E-state index contributed by atoms with van der Waals surface area (Å²) in [4.78, 5) is 0. The first-order chi connectivity index (χ1) is 8.56. The van der Waals surface area contributed by atoms with E-state index in [1.54, 1.807) is 0 Å². The molecule has 0 aliphatic carbocycles. The lowest BCUT2D eigenvalue weighted by Gasteiger charge is -2.19. The van der Waals surface area contributed by atoms with Crippen LogP contribution in [0.1, 0.15) is 32.4 Å². The molecule has 0 spiro atoms. The van der Waals surface area contributed by atoms with Gasteiger partial charge < -0.3 is 20.1 Å². The van der Waals surface area contributed by atoms with Crippen molar-refractivity contribution in [3.8, 4) is 11.5 Å². The zero-order valence-electron chi connectivity index (χ0n) is 10.8. The first kappa shape index (κ1) is 13.0. The monoisotopic (exact) mass is 266 g/mol. The third-order valence-corrected chi connectivity index (χ3v) is 2.90. The molecule has 0 fully saturated rings. The summed E-state index contributed by atoms with van der Waals surface area (Å²) < 4.78 is 10.6. The molecule has 1 aliphatic heterocycles. The van der Waals surface area contributed by atoms with E-state index < -0.39 is 0 Å². The summed E-state index contributed by atoms with van der Waals surface area (Å²) in [6.45, 7) is 6.47. The zero-order valence-corrected chi connectivity index (χ0v) is 11.6. The van der Waals surface area contributed by atoms with Crippen molar-refractivity contribution >= 4 is 17.3 Å². The second kappa shape index (κ2) is 5.44. The molecule has 1 atom stereocenters. The minimum Gasteiger partial charge on any atom is -0.454 e. The fourth-order valence-electron chi connectivity index (χ4n) is 1.77. The zero-order chi connectivity index (χ0) is 13.1. The molecule has 2 N–H and O–H groups in total. The Hall–Kier alpha value is -1.49. The molecule has 0 saturated carbocycles. The van der Waals surface area contributed by atoms with E-state index in [1.807, 2.05) is 18.2 Å². The highest BCUT2D eigenvalue weighted by atomic mass is 32.1. The topological polar surface area (TPSA) is 42.5 Å². The van der Waals surface area contributed by atoms with Gasteiger partial charge >= 0.3 is 0 Å². The van der Waals surface area contributed by atoms with Gasteiger partial charge in [0.05, 0.1) is 6.04 Å². The van der Waals surface area contributed by atoms with E-state index in [9.17, 15) is 0 Å². The molecule has 1 heterocycles. The Kier molecular flexibility index (Phi) is 3.91. The minimum atomic E-state index is 0.123. The summed E-state index contributed by atoms with van der Waals surface area (Å²) in [6.07, 6.45) is 0. The molecule has 0 aromatic heterocycles. The van der Waals surface area contributed by atoms with E-state index in [0.717, 1.165) is 17.1 Å². The van der Waals surface area contributed by atoms with Gasteiger partial charge in [0.15, 0.2) is 16.6 Å². The predicted octanol–water partition coefficient (Wildman–Crippen LogP) is 2.35. The number of hydrogen-bond acceptors (Lipinski definition) is 3. The largest absolute Gasteiger partial charge is 0.454 e. The molecular formula is C13H18N2O2S. The van der Waals surface area contributed by atoms with Gasteiger partial charge in [0, 0.05) is 6.04 Å². The van der Waals surface area contributed by atoms with E-state index in [1.165, 1.54) is 0 Å². The van der Waals surface area contributed by atoms with Crippen LogP contribution in [0.2, 0.25) is 0 Å². The molecule has 1 aromatic carbocycles. The Morgan fingerprint density at radius 1 is 1.17 bits per heavy atom. The van der Waals surface area contributed by atoms with Crippen LogP contribution >= 0.6 is 12.2 Å². The van der Waals surface area contributed by atoms with Gasteiger partial charge in [0.25, 0.3) is 0 Å². The van der Waals surface area contributed by atoms with Crippen molar-refractivity contribution < 1.29 is 9.47 Å². The second-order valence-corrected chi connectivity index (χ2v) is 5.02. The summed E-state index contributed by atoms with van der Waals surface area (Å²) in [5.41, 5.74) is 1.12. The quantitative estimate of drug-likeness (QED) is 0.822. The number of nitrogens with one attached hydrogen (secondary N) is 2. The van der Waals surface area contributed by atoms with Crippen molar-refractivity contribution in [3.05, 3.63) is 23.8 Å². The van der Waals surface area contributed by atoms with Gasteiger partial charge in [0.1, 0.15) is 0 Å². The van der Waals surface area contributed by atoms with Crippen molar-refractivity contribution in [1.29, 1.82) is 0 Å². The molecule has 0 amide bonds. The van der Waals surface area contributed by atoms with Crippen LogP contribution in [0.4, 0.5) is 0 Å². The standard InChI is InChI=1S/C13H18N2O2S/c1-8(2)14-13(18)15-9(3)10-4-5-11-12(6-10)17-7-16-11/h4-6,8-9H,7H2,1-3H3,(H2,14,15,18)/t9-/m1/s1. The van der Waals surface area contributed by atoms with Crippen LogP contribution in [0.15, 0.2) is 18.2 Å². The summed E-state index contributed by atoms with van der Waals surface area (Å²) in [7, 11) is 0. The van der Waals surface area contributed by atoms with Crippen molar-refractivity contribution in [2.75, 3.05) is 6.79 Å².